The first-order valence-electron chi connectivity index (χ1n) is 11.1. The minimum Gasteiger partial charge on any atom is -0.492 e. The highest BCUT2D eigenvalue weighted by Gasteiger charge is 2.09. The lowest BCUT2D eigenvalue weighted by atomic mass is 10.2. The van der Waals surface area contributed by atoms with Crippen LogP contribution in [0.3, 0.4) is 0 Å². The lowest BCUT2D eigenvalue weighted by Crippen LogP contribution is -2.02. The van der Waals surface area contributed by atoms with Gasteiger partial charge in [0.1, 0.15) is 17.0 Å². The standard InChI is InChI=1S/C13H15BrN2O3.C11H11BrN2O3/c1-3-19-11-6-12-15-9(4-5-13(17)18-2)7-16(12)8-10(11)14;1-17-11(16)3-2-7-5-14-6-8(12)9(15)4-10(14)13-7/h6-8H,3-5H2,1-2H3;4-6,13H,2-3H2,1H3. The van der Waals surface area contributed by atoms with Crippen molar-refractivity contribution >= 4 is 55.1 Å². The number of esters is 2. The largest absolute Gasteiger partial charge is 0.492 e. The van der Waals surface area contributed by atoms with Crippen LogP contribution in [0.15, 0.2) is 50.7 Å². The van der Waals surface area contributed by atoms with Gasteiger partial charge in [-0.1, -0.05) is 0 Å². The van der Waals surface area contributed by atoms with E-state index in [1.54, 1.807) is 10.6 Å². The maximum atomic E-state index is 11.4. The van der Waals surface area contributed by atoms with Gasteiger partial charge in [-0.25, -0.2) is 4.98 Å². The van der Waals surface area contributed by atoms with E-state index in [9.17, 15) is 14.4 Å². The number of halogens is 2. The van der Waals surface area contributed by atoms with E-state index in [0.29, 0.717) is 42.4 Å². The second-order valence-corrected chi connectivity index (χ2v) is 9.33. The lowest BCUT2D eigenvalue weighted by molar-refractivity contribution is -0.141. The number of nitrogens with zero attached hydrogens (tertiary/aromatic N) is 3. The molecule has 0 unspecified atom stereocenters. The number of carbonyl (C=O) groups is 2. The van der Waals surface area contributed by atoms with Gasteiger partial charge in [0, 0.05) is 49.0 Å². The summed E-state index contributed by atoms with van der Waals surface area (Å²) in [6.45, 7) is 2.54. The molecule has 0 aliphatic carbocycles. The third kappa shape index (κ3) is 7.20. The van der Waals surface area contributed by atoms with Gasteiger partial charge in [-0.3, -0.25) is 14.4 Å². The van der Waals surface area contributed by atoms with Crippen LogP contribution in [0.5, 0.6) is 5.75 Å². The van der Waals surface area contributed by atoms with Crippen molar-refractivity contribution in [2.45, 2.75) is 32.6 Å². The van der Waals surface area contributed by atoms with Crippen LogP contribution in [-0.2, 0) is 31.9 Å². The van der Waals surface area contributed by atoms with Crippen LogP contribution in [0, 0.1) is 0 Å². The molecule has 0 radical (unpaired) electrons. The van der Waals surface area contributed by atoms with Gasteiger partial charge in [0.15, 0.2) is 5.43 Å². The smallest absolute Gasteiger partial charge is 0.305 e. The number of hydrogen-bond donors (Lipinski definition) is 1. The van der Waals surface area contributed by atoms with Crippen LogP contribution in [-0.4, -0.2) is 51.5 Å². The highest BCUT2D eigenvalue weighted by Crippen LogP contribution is 2.26. The summed E-state index contributed by atoms with van der Waals surface area (Å²) in [5.74, 6) is 0.285. The fourth-order valence-corrected chi connectivity index (χ4v) is 4.11. The number of imidazole rings is 2. The van der Waals surface area contributed by atoms with Gasteiger partial charge in [0.05, 0.1) is 48.3 Å². The predicted octanol–water partition coefficient (Wildman–Crippen LogP) is 4.10. The van der Waals surface area contributed by atoms with E-state index in [0.717, 1.165) is 27.3 Å². The SMILES string of the molecule is CCOc1cc2nc(CCC(=O)OC)cn2cc1Br.COC(=O)CCc1cn2cc(Br)c(=O)cc2[nH]1. The summed E-state index contributed by atoms with van der Waals surface area (Å²) in [7, 11) is 2.75. The Bertz CT molecular complexity index is 1430. The zero-order valence-electron chi connectivity index (χ0n) is 20.0. The number of aromatic amines is 1. The maximum Gasteiger partial charge on any atom is 0.305 e. The Morgan fingerprint density at radius 1 is 0.944 bits per heavy atom. The van der Waals surface area contributed by atoms with Crippen molar-refractivity contribution in [3.8, 4) is 5.75 Å². The number of aromatic nitrogens is 4. The Morgan fingerprint density at radius 2 is 1.61 bits per heavy atom. The molecule has 0 bridgehead atoms. The molecule has 10 nitrogen and oxygen atoms in total. The van der Waals surface area contributed by atoms with E-state index < -0.39 is 0 Å². The molecule has 1 N–H and O–H groups in total. The van der Waals surface area contributed by atoms with Gasteiger partial charge in [-0.05, 0) is 45.2 Å². The van der Waals surface area contributed by atoms with Gasteiger partial charge in [-0.2, -0.15) is 0 Å². The molecule has 4 aromatic rings. The zero-order chi connectivity index (χ0) is 26.2. The Labute approximate surface area is 223 Å². The van der Waals surface area contributed by atoms with Crippen molar-refractivity contribution in [3.05, 3.63) is 67.5 Å². The van der Waals surface area contributed by atoms with Crippen LogP contribution < -0.4 is 10.2 Å². The number of H-pyrrole nitrogens is 1. The maximum absolute atomic E-state index is 11.4. The summed E-state index contributed by atoms with van der Waals surface area (Å²) in [5, 5.41) is 0. The first-order valence-corrected chi connectivity index (χ1v) is 12.7. The molecule has 0 amide bonds. The fourth-order valence-electron chi connectivity index (χ4n) is 3.32. The third-order valence-electron chi connectivity index (χ3n) is 5.12. The normalized spacial score (nSPS) is 10.7. The van der Waals surface area contributed by atoms with Gasteiger partial charge in [0.2, 0.25) is 0 Å². The number of carbonyl (C=O) groups excluding carboxylic acids is 2. The van der Waals surface area contributed by atoms with Gasteiger partial charge < -0.3 is 28.0 Å². The minimum atomic E-state index is -0.251. The molecule has 4 rings (SSSR count). The molecule has 0 aliphatic heterocycles. The van der Waals surface area contributed by atoms with E-state index in [1.165, 1.54) is 20.3 Å². The molecule has 0 aliphatic rings. The molecular formula is C24H26Br2N4O6. The predicted molar refractivity (Wildman–Crippen MR) is 140 cm³/mol. The fraction of sp³-hybridized carbons (Fsp3) is 0.333. The average Bonchev–Trinajstić information content (AvgIpc) is 3.44. The molecule has 12 heteroatoms. The molecule has 0 atom stereocenters. The van der Waals surface area contributed by atoms with Crippen LogP contribution in [0.1, 0.15) is 31.2 Å². The van der Waals surface area contributed by atoms with E-state index in [1.807, 2.05) is 36.0 Å². The lowest BCUT2D eigenvalue weighted by Gasteiger charge is -2.05. The number of methoxy groups -OCH3 is 2. The summed E-state index contributed by atoms with van der Waals surface area (Å²) in [5.41, 5.74) is 3.16. The molecule has 4 heterocycles. The average molecular weight is 626 g/mol. The van der Waals surface area contributed by atoms with Crippen LogP contribution in [0.2, 0.25) is 0 Å². The first-order chi connectivity index (χ1) is 17.2. The molecule has 0 saturated carbocycles. The van der Waals surface area contributed by atoms with Crippen LogP contribution in [0.25, 0.3) is 11.3 Å². The highest BCUT2D eigenvalue weighted by molar-refractivity contribution is 9.10. The van der Waals surface area contributed by atoms with E-state index in [2.05, 4.69) is 51.3 Å². The first kappa shape index (κ1) is 27.5. The number of fused-ring (bicyclic) bond motifs is 2. The van der Waals surface area contributed by atoms with E-state index in [-0.39, 0.29) is 17.4 Å². The van der Waals surface area contributed by atoms with Gasteiger partial charge in [0.25, 0.3) is 0 Å². The second kappa shape index (κ2) is 12.7. The van der Waals surface area contributed by atoms with Crippen molar-refractivity contribution < 1.29 is 23.8 Å². The molecule has 0 spiro atoms. The van der Waals surface area contributed by atoms with Crippen molar-refractivity contribution in [1.82, 2.24) is 18.8 Å². The molecule has 192 valence electrons. The number of rotatable bonds is 8. The molecular weight excluding hydrogens is 600 g/mol. The molecule has 0 saturated heterocycles. The molecule has 36 heavy (non-hydrogen) atoms. The Morgan fingerprint density at radius 3 is 2.28 bits per heavy atom. The van der Waals surface area contributed by atoms with Crippen molar-refractivity contribution in [1.29, 1.82) is 0 Å². The molecule has 4 aromatic heterocycles. The monoisotopic (exact) mass is 624 g/mol. The van der Waals surface area contributed by atoms with Crippen molar-refractivity contribution in [3.63, 3.8) is 0 Å². The number of hydrogen-bond acceptors (Lipinski definition) is 7. The molecule has 0 aromatic carbocycles. The summed E-state index contributed by atoms with van der Waals surface area (Å²) >= 11 is 6.63. The number of ether oxygens (including phenoxy) is 3. The Kier molecular flexibility index (Phi) is 9.71. The zero-order valence-corrected chi connectivity index (χ0v) is 23.2. The number of pyridine rings is 2. The number of aryl methyl sites for hydroxylation is 2. The van der Waals surface area contributed by atoms with E-state index >= 15 is 0 Å². The van der Waals surface area contributed by atoms with Crippen LogP contribution >= 0.6 is 31.9 Å². The number of nitrogens with one attached hydrogen (secondary N) is 1. The summed E-state index contributed by atoms with van der Waals surface area (Å²) in [6, 6.07) is 3.38. The summed E-state index contributed by atoms with van der Waals surface area (Å²) in [6.07, 6.45) is 9.11. The second-order valence-electron chi connectivity index (χ2n) is 7.63. The Balaban J connectivity index is 0.000000202. The third-order valence-corrected chi connectivity index (χ3v) is 6.31. The van der Waals surface area contributed by atoms with Crippen molar-refractivity contribution in [2.24, 2.45) is 0 Å². The summed E-state index contributed by atoms with van der Waals surface area (Å²) < 4.78 is 19.8. The van der Waals surface area contributed by atoms with Gasteiger partial charge in [-0.15, -0.1) is 0 Å². The summed E-state index contributed by atoms with van der Waals surface area (Å²) in [4.78, 5) is 41.1. The minimum absolute atomic E-state index is 0.0774. The van der Waals surface area contributed by atoms with Gasteiger partial charge >= 0.3 is 11.9 Å². The topological polar surface area (TPSA) is 116 Å². The van der Waals surface area contributed by atoms with Crippen LogP contribution in [0.4, 0.5) is 0 Å². The molecule has 0 fully saturated rings. The highest BCUT2D eigenvalue weighted by atomic mass is 79.9. The van der Waals surface area contributed by atoms with Crippen molar-refractivity contribution in [2.75, 3.05) is 20.8 Å². The Hall–Kier alpha value is -3.12. The van der Waals surface area contributed by atoms with E-state index in [4.69, 9.17) is 4.74 Å². The quantitative estimate of drug-likeness (QED) is 0.293.